The summed E-state index contributed by atoms with van der Waals surface area (Å²) in [4.78, 5) is 0. The Labute approximate surface area is 125 Å². The van der Waals surface area contributed by atoms with E-state index in [1.807, 2.05) is 19.1 Å². The predicted molar refractivity (Wildman–Crippen MR) is 85.0 cm³/mol. The van der Waals surface area contributed by atoms with Gasteiger partial charge in [-0.1, -0.05) is 39.0 Å². The van der Waals surface area contributed by atoms with Gasteiger partial charge in [-0.05, 0) is 47.6 Å². The SMILES string of the molecule is CCc1ccc(-c2cc(CC)c(O)c(O)c2O)cc1CC. The van der Waals surface area contributed by atoms with E-state index in [1.54, 1.807) is 6.07 Å². The standard InChI is InChI=1S/C18H22O3/c1-4-11-7-8-14(9-12(11)5-2)15-10-13(6-3)16(19)18(21)17(15)20/h7-10,19-21H,4-6H2,1-3H3. The average Bonchev–Trinajstić information content (AvgIpc) is 2.52. The number of phenols is 3. The highest BCUT2D eigenvalue weighted by atomic mass is 16.3. The van der Waals surface area contributed by atoms with Crippen LogP contribution in [0.4, 0.5) is 0 Å². The maximum Gasteiger partial charge on any atom is 0.201 e. The van der Waals surface area contributed by atoms with Gasteiger partial charge in [0.2, 0.25) is 5.75 Å². The highest BCUT2D eigenvalue weighted by Crippen LogP contribution is 2.45. The van der Waals surface area contributed by atoms with E-state index in [0.717, 1.165) is 18.4 Å². The molecule has 3 nitrogen and oxygen atoms in total. The summed E-state index contributed by atoms with van der Waals surface area (Å²) in [6.45, 7) is 6.12. The Bertz CT molecular complexity index is 660. The fourth-order valence-corrected chi connectivity index (χ4v) is 2.66. The molecule has 0 aromatic heterocycles. The van der Waals surface area contributed by atoms with E-state index in [0.29, 0.717) is 17.5 Å². The quantitative estimate of drug-likeness (QED) is 0.740. The first-order valence-corrected chi connectivity index (χ1v) is 7.42. The van der Waals surface area contributed by atoms with Gasteiger partial charge in [-0.25, -0.2) is 0 Å². The molecule has 0 aliphatic carbocycles. The lowest BCUT2D eigenvalue weighted by Gasteiger charge is -2.14. The second-order valence-corrected chi connectivity index (χ2v) is 5.17. The van der Waals surface area contributed by atoms with Crippen LogP contribution in [0.15, 0.2) is 24.3 Å². The molecule has 2 rings (SSSR count). The third-order valence-corrected chi connectivity index (χ3v) is 3.99. The normalized spacial score (nSPS) is 10.8. The molecular weight excluding hydrogens is 264 g/mol. The number of phenolic OH excluding ortho intramolecular Hbond substituents is 3. The Balaban J connectivity index is 2.64. The molecule has 0 unspecified atom stereocenters. The average molecular weight is 286 g/mol. The van der Waals surface area contributed by atoms with Crippen LogP contribution in [0.1, 0.15) is 37.5 Å². The van der Waals surface area contributed by atoms with Crippen molar-refractivity contribution in [1.82, 2.24) is 0 Å². The molecule has 0 fully saturated rings. The monoisotopic (exact) mass is 286 g/mol. The van der Waals surface area contributed by atoms with E-state index in [4.69, 9.17) is 0 Å². The van der Waals surface area contributed by atoms with Gasteiger partial charge in [0.05, 0.1) is 0 Å². The molecule has 0 aliphatic rings. The predicted octanol–water partition coefficient (Wildman–Crippen LogP) is 4.16. The van der Waals surface area contributed by atoms with Crippen molar-refractivity contribution in [1.29, 1.82) is 0 Å². The molecule has 0 amide bonds. The zero-order chi connectivity index (χ0) is 15.6. The molecule has 112 valence electrons. The van der Waals surface area contributed by atoms with Crippen molar-refractivity contribution < 1.29 is 15.3 Å². The van der Waals surface area contributed by atoms with Gasteiger partial charge in [0, 0.05) is 5.56 Å². The van der Waals surface area contributed by atoms with Gasteiger partial charge in [-0.2, -0.15) is 0 Å². The van der Waals surface area contributed by atoms with Crippen LogP contribution in [0.2, 0.25) is 0 Å². The van der Waals surface area contributed by atoms with Crippen LogP contribution in [0.5, 0.6) is 17.2 Å². The van der Waals surface area contributed by atoms with Crippen molar-refractivity contribution >= 4 is 0 Å². The van der Waals surface area contributed by atoms with Gasteiger partial charge in [0.1, 0.15) is 0 Å². The molecule has 0 aliphatic heterocycles. The van der Waals surface area contributed by atoms with E-state index in [2.05, 4.69) is 19.9 Å². The minimum atomic E-state index is -0.443. The van der Waals surface area contributed by atoms with Gasteiger partial charge in [-0.15, -0.1) is 0 Å². The second-order valence-electron chi connectivity index (χ2n) is 5.17. The Kier molecular flexibility index (Phi) is 4.41. The molecular formula is C18H22O3. The summed E-state index contributed by atoms with van der Waals surface area (Å²) in [5.74, 6) is -0.947. The highest BCUT2D eigenvalue weighted by molar-refractivity contribution is 5.77. The Hall–Kier alpha value is -2.16. The number of hydrogen-bond acceptors (Lipinski definition) is 3. The van der Waals surface area contributed by atoms with Crippen LogP contribution < -0.4 is 0 Å². The maximum absolute atomic E-state index is 10.1. The van der Waals surface area contributed by atoms with Gasteiger partial charge >= 0.3 is 0 Å². The van der Waals surface area contributed by atoms with Crippen LogP contribution in [-0.2, 0) is 19.3 Å². The summed E-state index contributed by atoms with van der Waals surface area (Å²) in [6.07, 6.45) is 2.47. The van der Waals surface area contributed by atoms with Crippen LogP contribution in [-0.4, -0.2) is 15.3 Å². The zero-order valence-electron chi connectivity index (χ0n) is 12.8. The third-order valence-electron chi connectivity index (χ3n) is 3.99. The van der Waals surface area contributed by atoms with E-state index >= 15 is 0 Å². The summed E-state index contributed by atoms with van der Waals surface area (Å²) in [7, 11) is 0. The summed E-state index contributed by atoms with van der Waals surface area (Å²) in [5, 5.41) is 29.8. The molecule has 3 heteroatoms. The summed E-state index contributed by atoms with van der Waals surface area (Å²) in [6, 6.07) is 7.79. The van der Waals surface area contributed by atoms with E-state index in [9.17, 15) is 15.3 Å². The van der Waals surface area contributed by atoms with Crippen LogP contribution >= 0.6 is 0 Å². The molecule has 0 bridgehead atoms. The number of hydrogen-bond donors (Lipinski definition) is 3. The first-order valence-electron chi connectivity index (χ1n) is 7.42. The van der Waals surface area contributed by atoms with Gasteiger partial charge < -0.3 is 15.3 Å². The van der Waals surface area contributed by atoms with Crippen LogP contribution in [0, 0.1) is 0 Å². The maximum atomic E-state index is 10.1. The number of rotatable bonds is 4. The van der Waals surface area contributed by atoms with E-state index in [-0.39, 0.29) is 11.5 Å². The molecule has 0 spiro atoms. The molecule has 0 saturated carbocycles. The van der Waals surface area contributed by atoms with Crippen molar-refractivity contribution in [2.45, 2.75) is 40.0 Å². The first-order chi connectivity index (χ1) is 10.0. The zero-order valence-corrected chi connectivity index (χ0v) is 12.8. The van der Waals surface area contributed by atoms with Crippen LogP contribution in [0.25, 0.3) is 11.1 Å². The van der Waals surface area contributed by atoms with Gasteiger partial charge in [0.15, 0.2) is 11.5 Å². The Morgan fingerprint density at radius 3 is 1.86 bits per heavy atom. The van der Waals surface area contributed by atoms with E-state index in [1.165, 1.54) is 11.1 Å². The Morgan fingerprint density at radius 1 is 0.667 bits per heavy atom. The fraction of sp³-hybridized carbons (Fsp3) is 0.333. The molecule has 2 aromatic rings. The van der Waals surface area contributed by atoms with E-state index < -0.39 is 5.75 Å². The molecule has 21 heavy (non-hydrogen) atoms. The van der Waals surface area contributed by atoms with Gasteiger partial charge in [0.25, 0.3) is 0 Å². The molecule has 3 N–H and O–H groups in total. The highest BCUT2D eigenvalue weighted by Gasteiger charge is 2.17. The minimum Gasteiger partial charge on any atom is -0.504 e. The lowest BCUT2D eigenvalue weighted by Crippen LogP contribution is -1.93. The molecule has 0 atom stereocenters. The second kappa shape index (κ2) is 6.08. The first kappa shape index (κ1) is 15.2. The largest absolute Gasteiger partial charge is 0.504 e. The Morgan fingerprint density at radius 2 is 1.29 bits per heavy atom. The summed E-state index contributed by atoms with van der Waals surface area (Å²) < 4.78 is 0. The van der Waals surface area contributed by atoms with Crippen molar-refractivity contribution in [3.63, 3.8) is 0 Å². The molecule has 0 saturated heterocycles. The number of aromatic hydroxyl groups is 3. The molecule has 2 aromatic carbocycles. The third kappa shape index (κ3) is 2.68. The summed E-state index contributed by atoms with van der Waals surface area (Å²) in [5.41, 5.74) is 4.56. The molecule has 0 radical (unpaired) electrons. The molecule has 0 heterocycles. The minimum absolute atomic E-state index is 0.236. The van der Waals surface area contributed by atoms with Crippen molar-refractivity contribution in [3.05, 3.63) is 41.0 Å². The number of aryl methyl sites for hydroxylation is 3. The van der Waals surface area contributed by atoms with Crippen molar-refractivity contribution in [3.8, 4) is 28.4 Å². The smallest absolute Gasteiger partial charge is 0.201 e. The van der Waals surface area contributed by atoms with Crippen molar-refractivity contribution in [2.75, 3.05) is 0 Å². The van der Waals surface area contributed by atoms with Crippen LogP contribution in [0.3, 0.4) is 0 Å². The van der Waals surface area contributed by atoms with Gasteiger partial charge in [-0.3, -0.25) is 0 Å². The lowest BCUT2D eigenvalue weighted by molar-refractivity contribution is 0.366. The fourth-order valence-electron chi connectivity index (χ4n) is 2.66. The topological polar surface area (TPSA) is 60.7 Å². The van der Waals surface area contributed by atoms with Crippen molar-refractivity contribution in [2.24, 2.45) is 0 Å². The number of benzene rings is 2. The lowest BCUT2D eigenvalue weighted by atomic mass is 9.94. The summed E-state index contributed by atoms with van der Waals surface area (Å²) >= 11 is 0.